The Bertz CT molecular complexity index is 536. The van der Waals surface area contributed by atoms with Crippen molar-refractivity contribution in [3.8, 4) is 0 Å². The van der Waals surface area contributed by atoms with E-state index in [0.717, 1.165) is 31.4 Å². The monoisotopic (exact) mass is 295 g/mol. The molecule has 20 heavy (non-hydrogen) atoms. The van der Waals surface area contributed by atoms with Gasteiger partial charge in [-0.3, -0.25) is 5.32 Å². The van der Waals surface area contributed by atoms with Crippen molar-refractivity contribution in [3.63, 3.8) is 0 Å². The van der Waals surface area contributed by atoms with Gasteiger partial charge < -0.3 is 10.0 Å². The Morgan fingerprint density at radius 2 is 2.25 bits per heavy atom. The molecule has 2 unspecified atom stereocenters. The molecule has 2 aliphatic rings. The van der Waals surface area contributed by atoms with Crippen molar-refractivity contribution in [2.75, 3.05) is 11.9 Å². The average molecular weight is 295 g/mol. The maximum Gasteiger partial charge on any atom is 0.326 e. The van der Waals surface area contributed by atoms with Crippen LogP contribution >= 0.6 is 11.3 Å². The zero-order valence-corrected chi connectivity index (χ0v) is 12.1. The highest BCUT2D eigenvalue weighted by atomic mass is 32.1. The van der Waals surface area contributed by atoms with Gasteiger partial charge in [-0.05, 0) is 31.6 Å². The maximum atomic E-state index is 12.2. The van der Waals surface area contributed by atoms with Gasteiger partial charge in [-0.2, -0.15) is 0 Å². The van der Waals surface area contributed by atoms with Crippen molar-refractivity contribution in [2.45, 2.75) is 38.6 Å². The second kappa shape index (κ2) is 5.05. The summed E-state index contributed by atoms with van der Waals surface area (Å²) in [6.45, 7) is 2.35. The Morgan fingerprint density at radius 1 is 1.45 bits per heavy atom. The highest BCUT2D eigenvalue weighted by molar-refractivity contribution is 7.15. The molecule has 7 heteroatoms. The van der Waals surface area contributed by atoms with Crippen molar-refractivity contribution in [1.29, 1.82) is 0 Å². The number of anilines is 1. The highest BCUT2D eigenvalue weighted by Gasteiger charge is 2.39. The molecule has 108 valence electrons. The molecular weight excluding hydrogens is 278 g/mol. The van der Waals surface area contributed by atoms with E-state index in [4.69, 9.17) is 0 Å². The third-order valence-corrected chi connectivity index (χ3v) is 5.10. The molecule has 1 saturated heterocycles. The van der Waals surface area contributed by atoms with E-state index in [2.05, 4.69) is 10.3 Å². The van der Waals surface area contributed by atoms with E-state index in [1.54, 1.807) is 0 Å². The number of likely N-dealkylation sites (tertiary alicyclic amines) is 1. The highest BCUT2D eigenvalue weighted by Crippen LogP contribution is 2.31. The van der Waals surface area contributed by atoms with Crippen LogP contribution in [0.1, 0.15) is 30.3 Å². The molecule has 2 N–H and O–H groups in total. The average Bonchev–Trinajstić information content (AvgIpc) is 3.02. The lowest BCUT2D eigenvalue weighted by atomic mass is 10.0. The zero-order valence-electron chi connectivity index (χ0n) is 11.3. The molecule has 1 aromatic rings. The van der Waals surface area contributed by atoms with Crippen molar-refractivity contribution >= 4 is 28.5 Å². The standard InChI is InChI=1S/C13H17N3O3S/c1-7-5-6-16(10(7)11(17)18)13(19)15-12-14-8-3-2-4-9(8)20-12/h7,10H,2-6H2,1H3,(H,17,18)(H,14,15,19). The van der Waals surface area contributed by atoms with Crippen LogP contribution in [0, 0.1) is 5.92 Å². The van der Waals surface area contributed by atoms with Crippen LogP contribution in [0.15, 0.2) is 0 Å². The largest absolute Gasteiger partial charge is 0.480 e. The number of urea groups is 1. The number of nitrogens with zero attached hydrogens (tertiary/aromatic N) is 2. The summed E-state index contributed by atoms with van der Waals surface area (Å²) in [5, 5.41) is 12.6. The lowest BCUT2D eigenvalue weighted by Crippen LogP contribution is -2.44. The Labute approximate surface area is 120 Å². The van der Waals surface area contributed by atoms with Gasteiger partial charge in [-0.15, -0.1) is 11.3 Å². The van der Waals surface area contributed by atoms with Gasteiger partial charge in [0.05, 0.1) is 5.69 Å². The number of hydrogen-bond acceptors (Lipinski definition) is 4. The summed E-state index contributed by atoms with van der Waals surface area (Å²) >= 11 is 1.50. The first-order valence-electron chi connectivity index (χ1n) is 6.85. The van der Waals surface area contributed by atoms with Crippen LogP contribution in [-0.2, 0) is 17.6 Å². The zero-order chi connectivity index (χ0) is 14.3. The third-order valence-electron chi connectivity index (χ3n) is 4.02. The second-order valence-electron chi connectivity index (χ2n) is 5.42. The molecule has 1 aliphatic heterocycles. The van der Waals surface area contributed by atoms with Crippen molar-refractivity contribution in [1.82, 2.24) is 9.88 Å². The van der Waals surface area contributed by atoms with Crippen LogP contribution in [0.2, 0.25) is 0 Å². The summed E-state index contributed by atoms with van der Waals surface area (Å²) in [6.07, 6.45) is 3.85. The first kappa shape index (κ1) is 13.4. The van der Waals surface area contributed by atoms with Crippen LogP contribution in [0.3, 0.4) is 0 Å². The molecule has 6 nitrogen and oxygen atoms in total. The van der Waals surface area contributed by atoms with Gasteiger partial charge in [0.25, 0.3) is 0 Å². The molecule has 2 heterocycles. The molecule has 1 aromatic heterocycles. The molecule has 1 fully saturated rings. The fraction of sp³-hybridized carbons (Fsp3) is 0.615. The van der Waals surface area contributed by atoms with Crippen molar-refractivity contribution in [2.24, 2.45) is 5.92 Å². The van der Waals surface area contributed by atoms with Gasteiger partial charge >= 0.3 is 12.0 Å². The molecule has 0 bridgehead atoms. The van der Waals surface area contributed by atoms with Crippen LogP contribution in [-0.4, -0.2) is 39.6 Å². The number of fused-ring (bicyclic) bond motifs is 1. The summed E-state index contributed by atoms with van der Waals surface area (Å²) in [7, 11) is 0. The third kappa shape index (κ3) is 2.26. The van der Waals surface area contributed by atoms with E-state index >= 15 is 0 Å². The molecule has 2 amide bonds. The topological polar surface area (TPSA) is 82.5 Å². The minimum absolute atomic E-state index is 0.0143. The molecule has 0 radical (unpaired) electrons. The first-order valence-corrected chi connectivity index (χ1v) is 7.67. The molecule has 0 saturated carbocycles. The fourth-order valence-electron chi connectivity index (χ4n) is 2.96. The number of nitrogens with one attached hydrogen (secondary N) is 1. The summed E-state index contributed by atoms with van der Waals surface area (Å²) in [5.41, 5.74) is 1.08. The van der Waals surface area contributed by atoms with E-state index in [1.165, 1.54) is 21.1 Å². The van der Waals surface area contributed by atoms with Gasteiger partial charge in [-0.1, -0.05) is 6.92 Å². The SMILES string of the molecule is CC1CCN(C(=O)Nc2nc3c(s2)CCC3)C1C(=O)O. The molecule has 1 aliphatic carbocycles. The second-order valence-corrected chi connectivity index (χ2v) is 6.50. The smallest absolute Gasteiger partial charge is 0.326 e. The number of hydrogen-bond donors (Lipinski definition) is 2. The normalized spacial score (nSPS) is 24.8. The number of carbonyl (C=O) groups is 2. The number of thiazole rings is 1. The fourth-order valence-corrected chi connectivity index (χ4v) is 4.00. The van der Waals surface area contributed by atoms with Gasteiger partial charge in [0.2, 0.25) is 0 Å². The predicted octanol–water partition coefficient (Wildman–Crippen LogP) is 1.96. The number of aliphatic carboxylic acids is 1. The van der Waals surface area contributed by atoms with Crippen molar-refractivity contribution in [3.05, 3.63) is 10.6 Å². The summed E-state index contributed by atoms with van der Waals surface area (Å²) in [5.74, 6) is -0.952. The number of aryl methyl sites for hydroxylation is 2. The molecule has 3 rings (SSSR count). The van der Waals surface area contributed by atoms with E-state index < -0.39 is 12.0 Å². The van der Waals surface area contributed by atoms with E-state index in [-0.39, 0.29) is 11.9 Å². The Kier molecular flexibility index (Phi) is 3.37. The van der Waals surface area contributed by atoms with Crippen molar-refractivity contribution < 1.29 is 14.7 Å². The van der Waals surface area contributed by atoms with Gasteiger partial charge in [0.1, 0.15) is 6.04 Å². The molecule has 0 aromatic carbocycles. The van der Waals surface area contributed by atoms with Crippen LogP contribution in [0.25, 0.3) is 0 Å². The number of amides is 2. The summed E-state index contributed by atoms with van der Waals surface area (Å²) in [6, 6.07) is -1.09. The molecule has 2 atom stereocenters. The van der Waals surface area contributed by atoms with E-state index in [0.29, 0.717) is 11.7 Å². The van der Waals surface area contributed by atoms with Crippen LogP contribution < -0.4 is 5.32 Å². The lowest BCUT2D eigenvalue weighted by Gasteiger charge is -2.22. The quantitative estimate of drug-likeness (QED) is 0.873. The Balaban J connectivity index is 1.70. The lowest BCUT2D eigenvalue weighted by molar-refractivity contribution is -0.142. The number of aromatic nitrogens is 1. The first-order chi connectivity index (χ1) is 9.56. The molecule has 0 spiro atoms. The van der Waals surface area contributed by atoms with E-state index in [1.807, 2.05) is 6.92 Å². The summed E-state index contributed by atoms with van der Waals surface area (Å²) < 4.78 is 0. The number of carboxylic acids is 1. The number of rotatable bonds is 2. The van der Waals surface area contributed by atoms with Gasteiger partial charge in [-0.25, -0.2) is 14.6 Å². The Morgan fingerprint density at radius 3 is 2.95 bits per heavy atom. The van der Waals surface area contributed by atoms with Crippen LogP contribution in [0.4, 0.5) is 9.93 Å². The van der Waals surface area contributed by atoms with Crippen LogP contribution in [0.5, 0.6) is 0 Å². The van der Waals surface area contributed by atoms with Gasteiger partial charge in [0, 0.05) is 11.4 Å². The molecular formula is C13H17N3O3S. The maximum absolute atomic E-state index is 12.2. The number of carboxylic acid groups (broad SMARTS) is 1. The minimum Gasteiger partial charge on any atom is -0.480 e. The van der Waals surface area contributed by atoms with Gasteiger partial charge in [0.15, 0.2) is 5.13 Å². The van der Waals surface area contributed by atoms with E-state index in [9.17, 15) is 14.7 Å². The number of carbonyl (C=O) groups excluding carboxylic acids is 1. The predicted molar refractivity (Wildman–Crippen MR) is 75.1 cm³/mol. The Hall–Kier alpha value is -1.63. The minimum atomic E-state index is -0.938. The summed E-state index contributed by atoms with van der Waals surface area (Å²) in [4.78, 5) is 30.5.